The van der Waals surface area contributed by atoms with E-state index >= 15 is 0 Å². The van der Waals surface area contributed by atoms with Crippen LogP contribution in [0.2, 0.25) is 5.02 Å². The molecule has 0 aliphatic carbocycles. The highest BCUT2D eigenvalue weighted by Gasteiger charge is 2.16. The first-order valence-electron chi connectivity index (χ1n) is 6.82. The minimum Gasteiger partial charge on any atom is -0.356 e. The Labute approximate surface area is 158 Å². The molecule has 1 aromatic rings. The number of hydrogen-bond donors (Lipinski definition) is 2. The molecule has 0 spiro atoms. The SMILES string of the molecule is CN=C(NCCc1c(F)cccc1Cl)NCC(C)(C)SC.I. The van der Waals surface area contributed by atoms with Crippen molar-refractivity contribution in [3.8, 4) is 0 Å². The number of hydrogen-bond acceptors (Lipinski definition) is 2. The first-order valence-corrected chi connectivity index (χ1v) is 8.42. The predicted molar refractivity (Wildman–Crippen MR) is 107 cm³/mol. The van der Waals surface area contributed by atoms with Crippen LogP contribution in [0.3, 0.4) is 0 Å². The van der Waals surface area contributed by atoms with E-state index in [0.717, 1.165) is 6.54 Å². The van der Waals surface area contributed by atoms with Gasteiger partial charge in [0.15, 0.2) is 5.96 Å². The van der Waals surface area contributed by atoms with Crippen LogP contribution in [0, 0.1) is 5.82 Å². The number of benzene rings is 1. The second kappa shape index (κ2) is 10.5. The molecule has 0 aliphatic heterocycles. The van der Waals surface area contributed by atoms with Crippen molar-refractivity contribution < 1.29 is 4.39 Å². The van der Waals surface area contributed by atoms with Gasteiger partial charge in [-0.2, -0.15) is 11.8 Å². The number of rotatable bonds is 6. The van der Waals surface area contributed by atoms with Crippen molar-refractivity contribution in [2.45, 2.75) is 25.0 Å². The molecule has 22 heavy (non-hydrogen) atoms. The zero-order chi connectivity index (χ0) is 15.9. The Bertz CT molecular complexity index is 477. The molecule has 0 radical (unpaired) electrons. The van der Waals surface area contributed by atoms with E-state index in [1.54, 1.807) is 30.9 Å². The Hall–Kier alpha value is -0.210. The lowest BCUT2D eigenvalue weighted by Gasteiger charge is -2.23. The molecular weight excluding hydrogens is 436 g/mol. The number of thioether (sulfide) groups is 1. The maximum Gasteiger partial charge on any atom is 0.191 e. The van der Waals surface area contributed by atoms with Crippen molar-refractivity contribution in [3.63, 3.8) is 0 Å². The summed E-state index contributed by atoms with van der Waals surface area (Å²) in [5.74, 6) is 0.445. The van der Waals surface area contributed by atoms with Crippen molar-refractivity contribution in [3.05, 3.63) is 34.6 Å². The first-order chi connectivity index (χ1) is 9.89. The zero-order valence-electron chi connectivity index (χ0n) is 13.4. The lowest BCUT2D eigenvalue weighted by molar-refractivity contribution is 0.606. The fourth-order valence-electron chi connectivity index (χ4n) is 1.67. The van der Waals surface area contributed by atoms with Crippen LogP contribution in [0.4, 0.5) is 4.39 Å². The van der Waals surface area contributed by atoms with Crippen LogP contribution in [-0.2, 0) is 6.42 Å². The molecule has 0 unspecified atom stereocenters. The van der Waals surface area contributed by atoms with Gasteiger partial charge in [0, 0.05) is 35.5 Å². The van der Waals surface area contributed by atoms with Crippen LogP contribution >= 0.6 is 47.3 Å². The second-order valence-electron chi connectivity index (χ2n) is 5.27. The molecule has 7 heteroatoms. The molecule has 0 fully saturated rings. The monoisotopic (exact) mass is 459 g/mol. The lowest BCUT2D eigenvalue weighted by atomic mass is 10.1. The average molecular weight is 460 g/mol. The smallest absolute Gasteiger partial charge is 0.191 e. The highest BCUT2D eigenvalue weighted by Crippen LogP contribution is 2.20. The molecular formula is C15H24ClFIN3S. The topological polar surface area (TPSA) is 36.4 Å². The van der Waals surface area contributed by atoms with Crippen molar-refractivity contribution in [1.82, 2.24) is 10.6 Å². The van der Waals surface area contributed by atoms with Gasteiger partial charge in [0.05, 0.1) is 0 Å². The van der Waals surface area contributed by atoms with Gasteiger partial charge in [-0.15, -0.1) is 24.0 Å². The molecule has 0 heterocycles. The fraction of sp³-hybridized carbons (Fsp3) is 0.533. The summed E-state index contributed by atoms with van der Waals surface area (Å²) >= 11 is 7.79. The normalized spacial score (nSPS) is 11.8. The van der Waals surface area contributed by atoms with Gasteiger partial charge < -0.3 is 10.6 Å². The van der Waals surface area contributed by atoms with Gasteiger partial charge in [-0.25, -0.2) is 4.39 Å². The van der Waals surface area contributed by atoms with Crippen molar-refractivity contribution >= 4 is 53.3 Å². The van der Waals surface area contributed by atoms with Crippen molar-refractivity contribution in [2.24, 2.45) is 4.99 Å². The van der Waals surface area contributed by atoms with Gasteiger partial charge >= 0.3 is 0 Å². The minimum absolute atomic E-state index is 0. The van der Waals surface area contributed by atoms with E-state index in [2.05, 4.69) is 35.7 Å². The average Bonchev–Trinajstić information content (AvgIpc) is 2.45. The lowest BCUT2D eigenvalue weighted by Crippen LogP contribution is -2.43. The molecule has 1 rings (SSSR count). The summed E-state index contributed by atoms with van der Waals surface area (Å²) in [6, 6.07) is 4.74. The Morgan fingerprint density at radius 1 is 1.36 bits per heavy atom. The highest BCUT2D eigenvalue weighted by molar-refractivity contribution is 14.0. The van der Waals surface area contributed by atoms with E-state index in [4.69, 9.17) is 11.6 Å². The third kappa shape index (κ3) is 7.37. The Balaban J connectivity index is 0.00000441. The molecule has 0 bridgehead atoms. The van der Waals surface area contributed by atoms with Crippen LogP contribution in [0.25, 0.3) is 0 Å². The molecule has 0 saturated heterocycles. The van der Waals surface area contributed by atoms with Crippen molar-refractivity contribution in [2.75, 3.05) is 26.4 Å². The van der Waals surface area contributed by atoms with Gasteiger partial charge in [0.2, 0.25) is 0 Å². The van der Waals surface area contributed by atoms with Gasteiger partial charge in [0.25, 0.3) is 0 Å². The Morgan fingerprint density at radius 2 is 2.05 bits per heavy atom. The van der Waals surface area contributed by atoms with Crippen molar-refractivity contribution in [1.29, 1.82) is 0 Å². The molecule has 3 nitrogen and oxygen atoms in total. The fourth-order valence-corrected chi connectivity index (χ4v) is 2.14. The summed E-state index contributed by atoms with van der Waals surface area (Å²) in [4.78, 5) is 4.16. The standard InChI is InChI=1S/C15H23ClFN3S.HI/c1-15(2,21-4)10-20-14(18-3)19-9-8-11-12(16)6-5-7-13(11)17;/h5-7H,8-10H2,1-4H3,(H2,18,19,20);1H. The van der Waals surface area contributed by atoms with Crippen LogP contribution < -0.4 is 10.6 Å². The van der Waals surface area contributed by atoms with E-state index in [0.29, 0.717) is 29.5 Å². The molecule has 0 amide bonds. The second-order valence-corrected chi connectivity index (χ2v) is 7.19. The number of guanidine groups is 1. The summed E-state index contributed by atoms with van der Waals surface area (Å²) in [6.45, 7) is 5.70. The third-order valence-corrected chi connectivity index (χ3v) is 4.79. The molecule has 0 saturated carbocycles. The maximum absolute atomic E-state index is 13.6. The van der Waals surface area contributed by atoms with Crippen LogP contribution in [0.15, 0.2) is 23.2 Å². The van der Waals surface area contributed by atoms with Crippen LogP contribution in [0.5, 0.6) is 0 Å². The van der Waals surface area contributed by atoms with E-state index in [9.17, 15) is 4.39 Å². The van der Waals surface area contributed by atoms with Crippen LogP contribution in [0.1, 0.15) is 19.4 Å². The summed E-state index contributed by atoms with van der Waals surface area (Å²) in [5.41, 5.74) is 0.534. The molecule has 1 aromatic carbocycles. The molecule has 0 aromatic heterocycles. The molecule has 126 valence electrons. The van der Waals surface area contributed by atoms with E-state index in [1.807, 2.05) is 0 Å². The predicted octanol–water partition coefficient (Wildman–Crippen LogP) is 3.95. The molecule has 0 aliphatic rings. The number of nitrogens with zero attached hydrogens (tertiary/aromatic N) is 1. The Morgan fingerprint density at radius 3 is 2.59 bits per heavy atom. The maximum atomic E-state index is 13.6. The number of halogens is 3. The first kappa shape index (κ1) is 21.8. The van der Waals surface area contributed by atoms with Gasteiger partial charge in [0.1, 0.15) is 5.82 Å². The number of nitrogens with one attached hydrogen (secondary N) is 2. The Kier molecular flexibility index (Phi) is 10.4. The van der Waals surface area contributed by atoms with Crippen LogP contribution in [-0.4, -0.2) is 37.1 Å². The van der Waals surface area contributed by atoms with Gasteiger partial charge in [-0.05, 0) is 38.7 Å². The third-order valence-electron chi connectivity index (χ3n) is 3.19. The van der Waals surface area contributed by atoms with Gasteiger partial charge in [-0.1, -0.05) is 17.7 Å². The zero-order valence-corrected chi connectivity index (χ0v) is 17.3. The summed E-state index contributed by atoms with van der Waals surface area (Å²) in [5, 5.41) is 6.90. The van der Waals surface area contributed by atoms with E-state index < -0.39 is 0 Å². The largest absolute Gasteiger partial charge is 0.356 e. The quantitative estimate of drug-likeness (QED) is 0.384. The summed E-state index contributed by atoms with van der Waals surface area (Å²) in [6.07, 6.45) is 2.59. The number of aliphatic imine (C=N–C) groups is 1. The van der Waals surface area contributed by atoms with E-state index in [1.165, 1.54) is 6.07 Å². The van der Waals surface area contributed by atoms with E-state index in [-0.39, 0.29) is 34.5 Å². The minimum atomic E-state index is -0.268. The summed E-state index contributed by atoms with van der Waals surface area (Å²) < 4.78 is 13.8. The summed E-state index contributed by atoms with van der Waals surface area (Å²) in [7, 11) is 1.72. The molecule has 0 atom stereocenters. The highest BCUT2D eigenvalue weighted by atomic mass is 127. The molecule has 2 N–H and O–H groups in total. The van der Waals surface area contributed by atoms with Gasteiger partial charge in [-0.3, -0.25) is 4.99 Å².